The second-order valence-electron chi connectivity index (χ2n) is 3.92. The van der Waals surface area contributed by atoms with E-state index in [-0.39, 0.29) is 15.8 Å². The maximum Gasteiger partial charge on any atom is 0.264 e. The van der Waals surface area contributed by atoms with E-state index in [2.05, 4.69) is 20.7 Å². The molecule has 0 saturated heterocycles. The van der Waals surface area contributed by atoms with Crippen molar-refractivity contribution in [3.63, 3.8) is 0 Å². The summed E-state index contributed by atoms with van der Waals surface area (Å²) in [5.41, 5.74) is 5.52. The highest BCUT2D eigenvalue weighted by Gasteiger charge is 2.20. The van der Waals surface area contributed by atoms with Gasteiger partial charge in [-0.1, -0.05) is 0 Å². The molecule has 20 heavy (non-hydrogen) atoms. The SMILES string of the molecule is Nc1ccc(F)c(S(=O)(=O)Nc2ccc(Br)c(F)c2)c1. The lowest BCUT2D eigenvalue weighted by atomic mass is 10.3. The summed E-state index contributed by atoms with van der Waals surface area (Å²) in [5, 5.41) is 0. The molecule has 0 heterocycles. The fourth-order valence-electron chi connectivity index (χ4n) is 1.50. The van der Waals surface area contributed by atoms with Crippen LogP contribution >= 0.6 is 15.9 Å². The number of anilines is 2. The largest absolute Gasteiger partial charge is 0.399 e. The predicted molar refractivity (Wildman–Crippen MR) is 75.7 cm³/mol. The number of hydrogen-bond donors (Lipinski definition) is 2. The highest BCUT2D eigenvalue weighted by Crippen LogP contribution is 2.24. The van der Waals surface area contributed by atoms with Gasteiger partial charge in [-0.25, -0.2) is 17.2 Å². The minimum Gasteiger partial charge on any atom is -0.399 e. The Morgan fingerprint density at radius 2 is 1.75 bits per heavy atom. The molecule has 0 saturated carbocycles. The molecule has 0 spiro atoms. The van der Waals surface area contributed by atoms with E-state index in [0.717, 1.165) is 18.2 Å². The van der Waals surface area contributed by atoms with E-state index in [1.807, 2.05) is 0 Å². The summed E-state index contributed by atoms with van der Waals surface area (Å²) in [5.74, 6) is -1.58. The zero-order chi connectivity index (χ0) is 14.9. The standard InChI is InChI=1S/C12H9BrF2N2O2S/c13-9-3-2-8(6-11(9)15)17-20(18,19)12-5-7(16)1-4-10(12)14/h1-6,17H,16H2. The number of halogens is 3. The molecule has 0 aliphatic rings. The first-order chi connectivity index (χ1) is 9.29. The Labute approximate surface area is 122 Å². The molecule has 0 bridgehead atoms. The van der Waals surface area contributed by atoms with Gasteiger partial charge in [0.1, 0.15) is 16.5 Å². The normalized spacial score (nSPS) is 11.3. The fraction of sp³-hybridized carbons (Fsp3) is 0. The number of nitrogens with two attached hydrogens (primary N) is 1. The van der Waals surface area contributed by atoms with E-state index in [4.69, 9.17) is 5.73 Å². The van der Waals surface area contributed by atoms with Gasteiger partial charge >= 0.3 is 0 Å². The first-order valence-electron chi connectivity index (χ1n) is 5.32. The van der Waals surface area contributed by atoms with E-state index >= 15 is 0 Å². The number of benzene rings is 2. The van der Waals surface area contributed by atoms with Crippen molar-refractivity contribution >= 4 is 37.3 Å². The minimum absolute atomic E-state index is 0.0208. The highest BCUT2D eigenvalue weighted by molar-refractivity contribution is 9.10. The average molecular weight is 363 g/mol. The Balaban J connectivity index is 2.40. The topological polar surface area (TPSA) is 72.2 Å². The summed E-state index contributed by atoms with van der Waals surface area (Å²) >= 11 is 2.95. The number of nitrogen functional groups attached to an aromatic ring is 1. The molecule has 0 amide bonds. The highest BCUT2D eigenvalue weighted by atomic mass is 79.9. The molecule has 0 aliphatic carbocycles. The first-order valence-corrected chi connectivity index (χ1v) is 7.60. The van der Waals surface area contributed by atoms with Crippen LogP contribution in [0.25, 0.3) is 0 Å². The van der Waals surface area contributed by atoms with Crippen LogP contribution in [0.4, 0.5) is 20.2 Å². The molecule has 0 atom stereocenters. The van der Waals surface area contributed by atoms with Crippen LogP contribution < -0.4 is 10.5 Å². The Kier molecular flexibility index (Phi) is 3.96. The van der Waals surface area contributed by atoms with Crippen LogP contribution in [0.15, 0.2) is 45.8 Å². The van der Waals surface area contributed by atoms with Gasteiger partial charge in [0, 0.05) is 5.69 Å². The molecule has 106 valence electrons. The molecule has 2 aromatic carbocycles. The second kappa shape index (κ2) is 5.37. The van der Waals surface area contributed by atoms with Gasteiger partial charge in [0.25, 0.3) is 10.0 Å². The molecule has 2 aromatic rings. The zero-order valence-electron chi connectivity index (χ0n) is 9.90. The molecule has 0 aliphatic heterocycles. The van der Waals surface area contributed by atoms with Crippen molar-refractivity contribution in [3.8, 4) is 0 Å². The Bertz CT molecular complexity index is 766. The number of rotatable bonds is 3. The fourth-order valence-corrected chi connectivity index (χ4v) is 2.91. The van der Waals surface area contributed by atoms with E-state index < -0.39 is 26.6 Å². The van der Waals surface area contributed by atoms with Crippen molar-refractivity contribution in [2.75, 3.05) is 10.5 Å². The van der Waals surface area contributed by atoms with Crippen molar-refractivity contribution in [1.29, 1.82) is 0 Å². The number of nitrogens with one attached hydrogen (secondary N) is 1. The van der Waals surface area contributed by atoms with Crippen LogP contribution in [0, 0.1) is 11.6 Å². The lowest BCUT2D eigenvalue weighted by molar-refractivity contribution is 0.570. The minimum atomic E-state index is -4.18. The van der Waals surface area contributed by atoms with Gasteiger partial charge in [0.05, 0.1) is 10.2 Å². The molecule has 0 aromatic heterocycles. The smallest absolute Gasteiger partial charge is 0.264 e. The van der Waals surface area contributed by atoms with Crippen molar-refractivity contribution < 1.29 is 17.2 Å². The van der Waals surface area contributed by atoms with Gasteiger partial charge in [-0.2, -0.15) is 0 Å². The second-order valence-corrected chi connectivity index (χ2v) is 6.43. The molecular weight excluding hydrogens is 354 g/mol. The van der Waals surface area contributed by atoms with Crippen LogP contribution in [-0.4, -0.2) is 8.42 Å². The number of hydrogen-bond acceptors (Lipinski definition) is 3. The van der Waals surface area contributed by atoms with Gasteiger partial charge in [-0.15, -0.1) is 0 Å². The molecule has 2 rings (SSSR count). The summed E-state index contributed by atoms with van der Waals surface area (Å²) in [6.45, 7) is 0. The van der Waals surface area contributed by atoms with Gasteiger partial charge in [0.2, 0.25) is 0 Å². The Morgan fingerprint density at radius 1 is 1.05 bits per heavy atom. The van der Waals surface area contributed by atoms with Gasteiger partial charge in [0.15, 0.2) is 0 Å². The Hall–Kier alpha value is -1.67. The summed E-state index contributed by atoms with van der Waals surface area (Å²) in [7, 11) is -4.18. The molecular formula is C12H9BrF2N2O2S. The third kappa shape index (κ3) is 3.07. The molecule has 0 fully saturated rings. The van der Waals surface area contributed by atoms with Gasteiger partial charge < -0.3 is 5.73 Å². The maximum absolute atomic E-state index is 13.6. The molecule has 0 radical (unpaired) electrons. The molecule has 0 unspecified atom stereocenters. The van der Waals surface area contributed by atoms with E-state index in [1.54, 1.807) is 0 Å². The molecule has 3 N–H and O–H groups in total. The zero-order valence-corrected chi connectivity index (χ0v) is 12.3. The molecule has 4 nitrogen and oxygen atoms in total. The van der Waals surface area contributed by atoms with Crippen molar-refractivity contribution in [3.05, 3.63) is 52.5 Å². The summed E-state index contributed by atoms with van der Waals surface area (Å²) < 4.78 is 53.2. The first kappa shape index (κ1) is 14.7. The maximum atomic E-state index is 13.6. The third-order valence-electron chi connectivity index (χ3n) is 2.42. The van der Waals surface area contributed by atoms with E-state index in [9.17, 15) is 17.2 Å². The lowest BCUT2D eigenvalue weighted by Crippen LogP contribution is -2.15. The summed E-state index contributed by atoms with van der Waals surface area (Å²) in [6.07, 6.45) is 0. The van der Waals surface area contributed by atoms with Crippen molar-refractivity contribution in [2.24, 2.45) is 0 Å². The van der Waals surface area contributed by atoms with E-state index in [0.29, 0.717) is 0 Å². The van der Waals surface area contributed by atoms with Crippen LogP contribution in [-0.2, 0) is 10.0 Å². The van der Waals surface area contributed by atoms with Crippen LogP contribution in [0.2, 0.25) is 0 Å². The van der Waals surface area contributed by atoms with Crippen molar-refractivity contribution in [1.82, 2.24) is 0 Å². The lowest BCUT2D eigenvalue weighted by Gasteiger charge is -2.10. The van der Waals surface area contributed by atoms with E-state index in [1.165, 1.54) is 18.2 Å². The van der Waals surface area contributed by atoms with Crippen LogP contribution in [0.5, 0.6) is 0 Å². The quantitative estimate of drug-likeness (QED) is 0.824. The van der Waals surface area contributed by atoms with Gasteiger partial charge in [-0.05, 0) is 52.3 Å². The number of sulfonamides is 1. The average Bonchev–Trinajstić information content (AvgIpc) is 2.36. The van der Waals surface area contributed by atoms with Crippen LogP contribution in [0.3, 0.4) is 0 Å². The van der Waals surface area contributed by atoms with Gasteiger partial charge in [-0.3, -0.25) is 4.72 Å². The summed E-state index contributed by atoms with van der Waals surface area (Å²) in [6, 6.07) is 6.84. The monoisotopic (exact) mass is 362 g/mol. The van der Waals surface area contributed by atoms with Crippen LogP contribution in [0.1, 0.15) is 0 Å². The molecule has 8 heteroatoms. The third-order valence-corrected chi connectivity index (χ3v) is 4.46. The predicted octanol–water partition coefficient (Wildman–Crippen LogP) is 3.11. The van der Waals surface area contributed by atoms with Crippen molar-refractivity contribution in [2.45, 2.75) is 4.90 Å². The summed E-state index contributed by atoms with van der Waals surface area (Å²) in [4.78, 5) is -0.596. The Morgan fingerprint density at radius 3 is 2.40 bits per heavy atom.